The van der Waals surface area contributed by atoms with E-state index < -0.39 is 10.8 Å². The Kier molecular flexibility index (Phi) is 4.79. The normalized spacial score (nSPS) is 10.9. The Morgan fingerprint density at radius 1 is 1.43 bits per heavy atom. The lowest BCUT2D eigenvalue weighted by atomic mass is 10.1. The summed E-state index contributed by atoms with van der Waals surface area (Å²) in [4.78, 5) is 21.8. The third-order valence-corrected chi connectivity index (χ3v) is 3.26. The number of amides is 1. The maximum absolute atomic E-state index is 11.5. The molecule has 2 aromatic rings. The SMILES string of the molecule is CNC(=O)C(C#N)=Cc1ccc(-c2cc([N+](=O)[O-])ccc2Cl)o1. The van der Waals surface area contributed by atoms with E-state index in [1.165, 1.54) is 37.4 Å². The van der Waals surface area contributed by atoms with E-state index in [0.29, 0.717) is 11.3 Å². The van der Waals surface area contributed by atoms with E-state index in [1.54, 1.807) is 12.1 Å². The summed E-state index contributed by atoms with van der Waals surface area (Å²) in [6, 6.07) is 8.82. The predicted molar refractivity (Wildman–Crippen MR) is 83.5 cm³/mol. The summed E-state index contributed by atoms with van der Waals surface area (Å²) in [6.45, 7) is 0. The van der Waals surface area contributed by atoms with Gasteiger partial charge in [-0.05, 0) is 18.2 Å². The molecule has 0 bridgehead atoms. The van der Waals surface area contributed by atoms with Crippen molar-refractivity contribution in [2.24, 2.45) is 0 Å². The highest BCUT2D eigenvalue weighted by molar-refractivity contribution is 6.33. The number of hydrogen-bond donors (Lipinski definition) is 1. The zero-order chi connectivity index (χ0) is 17.0. The van der Waals surface area contributed by atoms with E-state index >= 15 is 0 Å². The zero-order valence-electron chi connectivity index (χ0n) is 11.9. The van der Waals surface area contributed by atoms with Gasteiger partial charge in [-0.2, -0.15) is 5.26 Å². The molecule has 0 aliphatic rings. The minimum atomic E-state index is -0.543. The predicted octanol–water partition coefficient (Wildman–Crippen LogP) is 3.16. The molecule has 1 aromatic heterocycles. The van der Waals surface area contributed by atoms with Gasteiger partial charge in [-0.25, -0.2) is 0 Å². The second-order valence-electron chi connectivity index (χ2n) is 4.37. The van der Waals surface area contributed by atoms with Crippen LogP contribution in [0.3, 0.4) is 0 Å². The maximum atomic E-state index is 11.5. The van der Waals surface area contributed by atoms with Crippen LogP contribution in [-0.2, 0) is 4.79 Å². The van der Waals surface area contributed by atoms with Crippen LogP contribution in [0.4, 0.5) is 5.69 Å². The van der Waals surface area contributed by atoms with Gasteiger partial charge in [0.1, 0.15) is 23.2 Å². The van der Waals surface area contributed by atoms with E-state index in [9.17, 15) is 14.9 Å². The number of nitriles is 1. The number of rotatable bonds is 4. The van der Waals surface area contributed by atoms with Crippen molar-refractivity contribution in [2.75, 3.05) is 7.05 Å². The molecule has 8 heteroatoms. The van der Waals surface area contributed by atoms with E-state index in [4.69, 9.17) is 21.3 Å². The molecule has 0 fully saturated rings. The minimum absolute atomic E-state index is 0.124. The summed E-state index contributed by atoms with van der Waals surface area (Å²) in [7, 11) is 1.41. The Balaban J connectivity index is 2.42. The topological polar surface area (TPSA) is 109 Å². The average Bonchev–Trinajstić information content (AvgIpc) is 3.00. The van der Waals surface area contributed by atoms with Crippen molar-refractivity contribution in [2.45, 2.75) is 0 Å². The minimum Gasteiger partial charge on any atom is -0.457 e. The zero-order valence-corrected chi connectivity index (χ0v) is 12.6. The quantitative estimate of drug-likeness (QED) is 0.400. The number of nitro benzene ring substituents is 1. The molecule has 7 nitrogen and oxygen atoms in total. The lowest BCUT2D eigenvalue weighted by molar-refractivity contribution is -0.384. The molecule has 0 saturated carbocycles. The van der Waals surface area contributed by atoms with Crippen molar-refractivity contribution in [3.63, 3.8) is 0 Å². The molecule has 0 saturated heterocycles. The fraction of sp³-hybridized carbons (Fsp3) is 0.0667. The summed E-state index contributed by atoms with van der Waals surface area (Å²) in [5.41, 5.74) is 0.0958. The summed E-state index contributed by atoms with van der Waals surface area (Å²) >= 11 is 6.04. The number of non-ortho nitro benzene ring substituents is 1. The first-order chi connectivity index (χ1) is 11.0. The summed E-state index contributed by atoms with van der Waals surface area (Å²) < 4.78 is 5.50. The van der Waals surface area contributed by atoms with Gasteiger partial charge in [0.15, 0.2) is 0 Å². The number of nitro groups is 1. The molecule has 0 atom stereocenters. The Hall–Kier alpha value is -3.11. The number of carbonyl (C=O) groups is 1. The molecule has 0 aliphatic carbocycles. The van der Waals surface area contributed by atoms with Gasteiger partial charge in [0.05, 0.1) is 9.95 Å². The Morgan fingerprint density at radius 2 is 2.17 bits per heavy atom. The van der Waals surface area contributed by atoms with Gasteiger partial charge >= 0.3 is 0 Å². The lowest BCUT2D eigenvalue weighted by Gasteiger charge is -2.00. The maximum Gasteiger partial charge on any atom is 0.270 e. The van der Waals surface area contributed by atoms with E-state index in [2.05, 4.69) is 5.32 Å². The van der Waals surface area contributed by atoms with Crippen LogP contribution in [0.25, 0.3) is 17.4 Å². The molecule has 2 rings (SSSR count). The fourth-order valence-corrected chi connectivity index (χ4v) is 2.03. The van der Waals surface area contributed by atoms with Crippen LogP contribution in [0.5, 0.6) is 0 Å². The number of benzene rings is 1. The highest BCUT2D eigenvalue weighted by Crippen LogP contribution is 2.32. The third-order valence-electron chi connectivity index (χ3n) is 2.93. The van der Waals surface area contributed by atoms with Crippen LogP contribution in [-0.4, -0.2) is 17.9 Å². The standard InChI is InChI=1S/C15H10ClN3O4/c1-18-15(20)9(8-17)6-11-3-5-14(23-11)12-7-10(19(21)22)2-4-13(12)16/h2-7H,1H3,(H,18,20). The van der Waals surface area contributed by atoms with Crippen molar-refractivity contribution in [3.8, 4) is 17.4 Å². The molecule has 1 amide bonds. The van der Waals surface area contributed by atoms with Crippen molar-refractivity contribution >= 4 is 29.3 Å². The first-order valence-corrected chi connectivity index (χ1v) is 6.72. The van der Waals surface area contributed by atoms with Crippen molar-refractivity contribution in [3.05, 3.63) is 56.8 Å². The van der Waals surface area contributed by atoms with Crippen molar-refractivity contribution in [1.82, 2.24) is 5.32 Å². The Labute approximate surface area is 135 Å². The van der Waals surface area contributed by atoms with Crippen LogP contribution in [0.2, 0.25) is 5.02 Å². The van der Waals surface area contributed by atoms with Crippen LogP contribution in [0.15, 0.2) is 40.3 Å². The lowest BCUT2D eigenvalue weighted by Crippen LogP contribution is -2.18. The van der Waals surface area contributed by atoms with Gasteiger partial charge in [0.25, 0.3) is 11.6 Å². The molecular formula is C15H10ClN3O4. The second-order valence-corrected chi connectivity index (χ2v) is 4.78. The highest BCUT2D eigenvalue weighted by atomic mass is 35.5. The summed E-state index contributed by atoms with van der Waals surface area (Å²) in [6.07, 6.45) is 1.27. The molecule has 23 heavy (non-hydrogen) atoms. The van der Waals surface area contributed by atoms with Crippen LogP contribution in [0.1, 0.15) is 5.76 Å². The summed E-state index contributed by atoms with van der Waals surface area (Å²) in [5.74, 6) is 0.000649. The van der Waals surface area contributed by atoms with E-state index in [1.807, 2.05) is 0 Å². The molecule has 116 valence electrons. The molecule has 1 aromatic carbocycles. The largest absolute Gasteiger partial charge is 0.457 e. The van der Waals surface area contributed by atoms with Crippen molar-refractivity contribution < 1.29 is 14.1 Å². The first-order valence-electron chi connectivity index (χ1n) is 6.34. The Morgan fingerprint density at radius 3 is 2.78 bits per heavy atom. The smallest absolute Gasteiger partial charge is 0.270 e. The number of nitrogens with one attached hydrogen (secondary N) is 1. The molecule has 0 radical (unpaired) electrons. The fourth-order valence-electron chi connectivity index (χ4n) is 1.82. The van der Waals surface area contributed by atoms with E-state index in [-0.39, 0.29) is 22.0 Å². The first kappa shape index (κ1) is 16.3. The molecular weight excluding hydrogens is 322 g/mol. The summed E-state index contributed by atoms with van der Waals surface area (Å²) in [5, 5.41) is 22.4. The highest BCUT2D eigenvalue weighted by Gasteiger charge is 2.15. The average molecular weight is 332 g/mol. The molecule has 1 heterocycles. The second kappa shape index (κ2) is 6.77. The molecule has 0 spiro atoms. The molecule has 1 N–H and O–H groups in total. The van der Waals surface area contributed by atoms with Gasteiger partial charge in [-0.15, -0.1) is 0 Å². The van der Waals surface area contributed by atoms with Crippen LogP contribution in [0, 0.1) is 21.4 Å². The van der Waals surface area contributed by atoms with E-state index in [0.717, 1.165) is 0 Å². The Bertz CT molecular complexity index is 849. The van der Waals surface area contributed by atoms with Gasteiger partial charge in [-0.1, -0.05) is 11.6 Å². The van der Waals surface area contributed by atoms with Crippen LogP contribution < -0.4 is 5.32 Å². The van der Waals surface area contributed by atoms with Gasteiger partial charge in [-0.3, -0.25) is 14.9 Å². The number of furan rings is 1. The number of carbonyl (C=O) groups excluding carboxylic acids is 1. The molecule has 0 aliphatic heterocycles. The monoisotopic (exact) mass is 331 g/mol. The van der Waals surface area contributed by atoms with Crippen LogP contribution >= 0.6 is 11.6 Å². The van der Waals surface area contributed by atoms with Gasteiger partial charge in [0, 0.05) is 30.8 Å². The number of nitrogens with zero attached hydrogens (tertiary/aromatic N) is 2. The third kappa shape index (κ3) is 3.56. The van der Waals surface area contributed by atoms with Gasteiger partial charge in [0.2, 0.25) is 0 Å². The molecule has 0 unspecified atom stereocenters. The number of hydrogen-bond acceptors (Lipinski definition) is 5. The number of likely N-dealkylation sites (N-methyl/N-ethyl adjacent to an activating group) is 1. The van der Waals surface area contributed by atoms with Crippen molar-refractivity contribution in [1.29, 1.82) is 5.26 Å². The van der Waals surface area contributed by atoms with Gasteiger partial charge < -0.3 is 9.73 Å². The number of halogens is 1.